The second-order valence-electron chi connectivity index (χ2n) is 8.97. The lowest BCUT2D eigenvalue weighted by atomic mass is 10.2. The van der Waals surface area contributed by atoms with Crippen molar-refractivity contribution >= 4 is 34.0 Å². The van der Waals surface area contributed by atoms with Crippen LogP contribution in [0.4, 0.5) is 23.0 Å². The standard InChI is InChI=1S/C26H29N7O4/c1-31(21-11-13-32(17-21)14-15-36-2)19-8-6-18(7-9-19)28-26-29-24-23(10-12-27-24)25(30-26)37-22-5-3-4-20(16-22)33(34)35/h3-10,12,16,21H,11,13-15,17H2,1-2H3,(H2,27,28,29,30)/t21-/m0/s1. The summed E-state index contributed by atoms with van der Waals surface area (Å²) in [5.41, 5.74) is 2.51. The van der Waals surface area contributed by atoms with E-state index in [-0.39, 0.29) is 5.69 Å². The van der Waals surface area contributed by atoms with Crippen molar-refractivity contribution in [2.24, 2.45) is 0 Å². The van der Waals surface area contributed by atoms with Crippen LogP contribution < -0.4 is 15.0 Å². The molecule has 1 aliphatic rings. The highest BCUT2D eigenvalue weighted by Crippen LogP contribution is 2.31. The number of aromatic nitrogens is 3. The Labute approximate surface area is 214 Å². The Morgan fingerprint density at radius 2 is 2.05 bits per heavy atom. The summed E-state index contributed by atoms with van der Waals surface area (Å²) in [5.74, 6) is 0.965. The zero-order chi connectivity index (χ0) is 25.8. The van der Waals surface area contributed by atoms with Crippen LogP contribution in [0.3, 0.4) is 0 Å². The summed E-state index contributed by atoms with van der Waals surface area (Å²) >= 11 is 0. The van der Waals surface area contributed by atoms with Gasteiger partial charge in [0.1, 0.15) is 11.4 Å². The minimum atomic E-state index is -0.461. The highest BCUT2D eigenvalue weighted by atomic mass is 16.6. The highest BCUT2D eigenvalue weighted by Gasteiger charge is 2.25. The number of non-ortho nitro benzene ring substituents is 1. The molecule has 5 rings (SSSR count). The first-order chi connectivity index (χ1) is 18.0. The normalized spacial score (nSPS) is 15.7. The molecular formula is C26H29N7O4. The molecule has 1 saturated heterocycles. The van der Waals surface area contributed by atoms with Crippen molar-refractivity contribution in [2.75, 3.05) is 50.6 Å². The van der Waals surface area contributed by atoms with E-state index < -0.39 is 4.92 Å². The molecule has 0 unspecified atom stereocenters. The molecule has 1 aliphatic heterocycles. The summed E-state index contributed by atoms with van der Waals surface area (Å²) in [6.07, 6.45) is 2.87. The van der Waals surface area contributed by atoms with Gasteiger partial charge in [0.15, 0.2) is 0 Å². The van der Waals surface area contributed by atoms with Crippen molar-refractivity contribution < 1.29 is 14.4 Å². The van der Waals surface area contributed by atoms with Crippen LogP contribution in [0.1, 0.15) is 6.42 Å². The molecule has 192 valence electrons. The number of H-pyrrole nitrogens is 1. The van der Waals surface area contributed by atoms with E-state index in [1.807, 2.05) is 12.1 Å². The first-order valence-corrected chi connectivity index (χ1v) is 12.1. The summed E-state index contributed by atoms with van der Waals surface area (Å²) in [6, 6.07) is 16.4. The van der Waals surface area contributed by atoms with E-state index in [2.05, 4.69) is 49.2 Å². The summed E-state index contributed by atoms with van der Waals surface area (Å²) in [4.78, 5) is 27.6. The van der Waals surface area contributed by atoms with Crippen LogP contribution in [0.15, 0.2) is 60.8 Å². The number of likely N-dealkylation sites (N-methyl/N-ethyl adjacent to an activating group) is 1. The maximum Gasteiger partial charge on any atom is 0.273 e. The number of nitro benzene ring substituents is 1. The van der Waals surface area contributed by atoms with Crippen LogP contribution in [0.2, 0.25) is 0 Å². The smallest absolute Gasteiger partial charge is 0.273 e. The van der Waals surface area contributed by atoms with E-state index in [0.29, 0.717) is 34.7 Å². The number of rotatable bonds is 10. The number of aromatic amines is 1. The third-order valence-corrected chi connectivity index (χ3v) is 6.56. The van der Waals surface area contributed by atoms with Gasteiger partial charge in [0.2, 0.25) is 11.8 Å². The van der Waals surface area contributed by atoms with Gasteiger partial charge in [-0.15, -0.1) is 0 Å². The molecule has 3 heterocycles. The number of methoxy groups -OCH3 is 1. The van der Waals surface area contributed by atoms with Gasteiger partial charge in [0, 0.05) is 63.5 Å². The Morgan fingerprint density at radius 3 is 2.84 bits per heavy atom. The number of hydrogen-bond donors (Lipinski definition) is 2. The highest BCUT2D eigenvalue weighted by molar-refractivity contribution is 5.82. The van der Waals surface area contributed by atoms with Crippen LogP contribution in [-0.4, -0.2) is 71.2 Å². The molecule has 0 spiro atoms. The molecule has 11 nitrogen and oxygen atoms in total. The topological polar surface area (TPSA) is 122 Å². The second-order valence-corrected chi connectivity index (χ2v) is 8.97. The van der Waals surface area contributed by atoms with Crippen LogP contribution in [0.5, 0.6) is 11.6 Å². The van der Waals surface area contributed by atoms with E-state index in [1.54, 1.807) is 31.5 Å². The van der Waals surface area contributed by atoms with Gasteiger partial charge >= 0.3 is 0 Å². The summed E-state index contributed by atoms with van der Waals surface area (Å²) < 4.78 is 11.1. The molecule has 2 aromatic carbocycles. The first kappa shape index (κ1) is 24.5. The van der Waals surface area contributed by atoms with E-state index in [9.17, 15) is 10.1 Å². The summed E-state index contributed by atoms with van der Waals surface area (Å²) in [6.45, 7) is 3.82. The molecule has 11 heteroatoms. The number of fused-ring (bicyclic) bond motifs is 1. The summed E-state index contributed by atoms with van der Waals surface area (Å²) in [5, 5.41) is 15.0. The van der Waals surface area contributed by atoms with Gasteiger partial charge in [-0.2, -0.15) is 9.97 Å². The average molecular weight is 504 g/mol. The van der Waals surface area contributed by atoms with E-state index >= 15 is 0 Å². The van der Waals surface area contributed by atoms with Gasteiger partial charge in [-0.05, 0) is 42.8 Å². The van der Waals surface area contributed by atoms with Gasteiger partial charge in [-0.25, -0.2) is 0 Å². The van der Waals surface area contributed by atoms with Gasteiger partial charge in [0.25, 0.3) is 5.69 Å². The number of nitrogens with zero attached hydrogens (tertiary/aromatic N) is 5. The molecule has 2 aromatic heterocycles. The second kappa shape index (κ2) is 10.8. The van der Waals surface area contributed by atoms with Gasteiger partial charge in [0.05, 0.1) is 23.0 Å². The monoisotopic (exact) mass is 503 g/mol. The molecule has 1 atom stereocenters. The molecule has 0 radical (unpaired) electrons. The van der Waals surface area contributed by atoms with E-state index in [4.69, 9.17) is 9.47 Å². The number of nitrogens with one attached hydrogen (secondary N) is 2. The van der Waals surface area contributed by atoms with Crippen molar-refractivity contribution in [3.8, 4) is 11.6 Å². The van der Waals surface area contributed by atoms with Crippen molar-refractivity contribution in [3.63, 3.8) is 0 Å². The molecule has 2 N–H and O–H groups in total. The number of ether oxygens (including phenoxy) is 2. The van der Waals surface area contributed by atoms with Crippen molar-refractivity contribution in [1.82, 2.24) is 19.9 Å². The lowest BCUT2D eigenvalue weighted by molar-refractivity contribution is -0.384. The molecule has 0 aliphatic carbocycles. The Kier molecular flexibility index (Phi) is 7.15. The SMILES string of the molecule is COCCN1CC[C@H](N(C)c2ccc(Nc3nc(Oc4cccc([N+](=O)[O-])c4)c4cc[nH]c4n3)cc2)C1. The Bertz CT molecular complexity index is 1380. The Hall–Kier alpha value is -4.22. The predicted octanol–water partition coefficient (Wildman–Crippen LogP) is 4.56. The van der Waals surface area contributed by atoms with E-state index in [1.165, 1.54) is 12.1 Å². The number of anilines is 3. The Balaban J connectivity index is 1.30. The fourth-order valence-electron chi connectivity index (χ4n) is 4.49. The third-order valence-electron chi connectivity index (χ3n) is 6.56. The van der Waals surface area contributed by atoms with Crippen LogP contribution in [-0.2, 0) is 4.74 Å². The minimum absolute atomic E-state index is 0.0550. The molecule has 4 aromatic rings. The fraction of sp³-hybridized carbons (Fsp3) is 0.308. The lowest BCUT2D eigenvalue weighted by Crippen LogP contribution is -2.35. The molecular weight excluding hydrogens is 474 g/mol. The van der Waals surface area contributed by atoms with E-state index in [0.717, 1.165) is 44.0 Å². The van der Waals surface area contributed by atoms with Crippen molar-refractivity contribution in [3.05, 3.63) is 70.9 Å². The van der Waals surface area contributed by atoms with Crippen LogP contribution in [0.25, 0.3) is 11.0 Å². The molecule has 0 amide bonds. The maximum absolute atomic E-state index is 11.1. The molecule has 1 fully saturated rings. The summed E-state index contributed by atoms with van der Waals surface area (Å²) in [7, 11) is 3.87. The first-order valence-electron chi connectivity index (χ1n) is 12.1. The average Bonchev–Trinajstić information content (AvgIpc) is 3.58. The number of hydrogen-bond acceptors (Lipinski definition) is 9. The Morgan fingerprint density at radius 1 is 1.22 bits per heavy atom. The number of nitro groups is 1. The lowest BCUT2D eigenvalue weighted by Gasteiger charge is -2.27. The van der Waals surface area contributed by atoms with Gasteiger partial charge in [-0.1, -0.05) is 6.07 Å². The maximum atomic E-state index is 11.1. The zero-order valence-corrected chi connectivity index (χ0v) is 20.8. The molecule has 0 bridgehead atoms. The largest absolute Gasteiger partial charge is 0.438 e. The van der Waals surface area contributed by atoms with Crippen LogP contribution >= 0.6 is 0 Å². The third kappa shape index (κ3) is 5.63. The zero-order valence-electron chi connectivity index (χ0n) is 20.8. The predicted molar refractivity (Wildman–Crippen MR) is 142 cm³/mol. The molecule has 0 saturated carbocycles. The number of benzene rings is 2. The van der Waals surface area contributed by atoms with Gasteiger partial charge in [-0.3, -0.25) is 15.0 Å². The number of likely N-dealkylation sites (tertiary alicyclic amines) is 1. The quantitative estimate of drug-likeness (QED) is 0.237. The van der Waals surface area contributed by atoms with Crippen molar-refractivity contribution in [1.29, 1.82) is 0 Å². The van der Waals surface area contributed by atoms with Crippen molar-refractivity contribution in [2.45, 2.75) is 12.5 Å². The molecule has 37 heavy (non-hydrogen) atoms. The minimum Gasteiger partial charge on any atom is -0.438 e. The van der Waals surface area contributed by atoms with Crippen LogP contribution in [0, 0.1) is 10.1 Å². The fourth-order valence-corrected chi connectivity index (χ4v) is 4.49. The van der Waals surface area contributed by atoms with Gasteiger partial charge < -0.3 is 24.7 Å².